The lowest BCUT2D eigenvalue weighted by Crippen LogP contribution is -2.44. The minimum atomic E-state index is -5.63. The summed E-state index contributed by atoms with van der Waals surface area (Å²) >= 11 is 0. The summed E-state index contributed by atoms with van der Waals surface area (Å²) in [5.41, 5.74) is 2.37. The van der Waals surface area contributed by atoms with E-state index in [4.69, 9.17) is 10.5 Å². The van der Waals surface area contributed by atoms with Crippen molar-refractivity contribution < 1.29 is 44.3 Å². The van der Waals surface area contributed by atoms with Gasteiger partial charge in [0.15, 0.2) is 0 Å². The molecule has 0 radical (unpaired) electrons. The number of halogens is 9. The zero-order valence-electron chi connectivity index (χ0n) is 13.0. The molecule has 11 heteroatoms. The molecule has 2 aromatic rings. The van der Waals surface area contributed by atoms with Gasteiger partial charge in [-0.25, -0.2) is 8.78 Å². The summed E-state index contributed by atoms with van der Waals surface area (Å²) in [5, 5.41) is 0. The van der Waals surface area contributed by atoms with Gasteiger partial charge in [-0.15, -0.1) is 0 Å². The van der Waals surface area contributed by atoms with Crippen molar-refractivity contribution in [2.45, 2.75) is 24.4 Å². The Hall–Kier alpha value is -2.59. The molecular formula is C16H10F9NO. The summed E-state index contributed by atoms with van der Waals surface area (Å²) in [7, 11) is 0. The summed E-state index contributed by atoms with van der Waals surface area (Å²) in [5.74, 6) is -12.0. The number of hydrogen-bond donors (Lipinski definition) is 1. The average molecular weight is 403 g/mol. The van der Waals surface area contributed by atoms with Gasteiger partial charge in [0.2, 0.25) is 0 Å². The Morgan fingerprint density at radius 3 is 1.85 bits per heavy atom. The molecule has 2 N–H and O–H groups in total. The van der Waals surface area contributed by atoms with Gasteiger partial charge < -0.3 is 10.5 Å². The number of anilines is 1. The molecule has 0 aromatic heterocycles. The van der Waals surface area contributed by atoms with E-state index >= 15 is 0 Å². The number of nitrogens with two attached hydrogens (primary N) is 1. The maximum absolute atomic E-state index is 13.6. The van der Waals surface area contributed by atoms with E-state index in [0.29, 0.717) is 30.3 Å². The summed E-state index contributed by atoms with van der Waals surface area (Å²) in [6.07, 6.45) is -9.45. The molecule has 0 fully saturated rings. The van der Waals surface area contributed by atoms with Gasteiger partial charge in [-0.3, -0.25) is 0 Å². The highest BCUT2D eigenvalue weighted by Crippen LogP contribution is 2.47. The van der Waals surface area contributed by atoms with Gasteiger partial charge >= 0.3 is 24.4 Å². The van der Waals surface area contributed by atoms with Crippen molar-refractivity contribution in [2.24, 2.45) is 0 Å². The molecule has 148 valence electrons. The Balaban J connectivity index is 2.33. The third kappa shape index (κ3) is 4.06. The van der Waals surface area contributed by atoms with Crippen LogP contribution in [0.2, 0.25) is 0 Å². The normalized spacial score (nSPS) is 13.1. The second-order valence-electron chi connectivity index (χ2n) is 5.38. The number of ether oxygens (including phenoxy) is 1. The molecule has 2 rings (SSSR count). The lowest BCUT2D eigenvalue weighted by Gasteiger charge is -2.26. The number of rotatable bonds is 5. The van der Waals surface area contributed by atoms with Crippen molar-refractivity contribution in [1.82, 2.24) is 0 Å². The van der Waals surface area contributed by atoms with Gasteiger partial charge in [0.05, 0.1) is 0 Å². The first-order valence-corrected chi connectivity index (χ1v) is 7.05. The standard InChI is InChI=1S/C16H10F9NO/c17-13(18)15(21,22)14(19,20)8-1-4-10(5-2-8)27-12-6-3-9(26)7-11(12)16(23,24)25/h1-7,13H,26H2. The number of alkyl halides is 9. The molecule has 0 saturated heterocycles. The van der Waals surface area contributed by atoms with Crippen LogP contribution in [0.25, 0.3) is 0 Å². The maximum atomic E-state index is 13.6. The van der Waals surface area contributed by atoms with E-state index in [9.17, 15) is 39.5 Å². The minimum absolute atomic E-state index is 0.209. The van der Waals surface area contributed by atoms with E-state index in [1.165, 1.54) is 0 Å². The molecular weight excluding hydrogens is 393 g/mol. The lowest BCUT2D eigenvalue weighted by atomic mass is 10.0. The highest BCUT2D eigenvalue weighted by Gasteiger charge is 2.63. The molecule has 0 aliphatic carbocycles. The Kier molecular flexibility index (Phi) is 5.26. The van der Waals surface area contributed by atoms with Crippen molar-refractivity contribution in [1.29, 1.82) is 0 Å². The van der Waals surface area contributed by atoms with E-state index in [1.807, 2.05) is 0 Å². The zero-order valence-corrected chi connectivity index (χ0v) is 13.0. The molecule has 0 unspecified atom stereocenters. The van der Waals surface area contributed by atoms with Crippen LogP contribution in [0, 0.1) is 0 Å². The van der Waals surface area contributed by atoms with Gasteiger partial charge in [0, 0.05) is 11.3 Å². The third-order valence-corrected chi connectivity index (χ3v) is 3.45. The van der Waals surface area contributed by atoms with Crippen LogP contribution >= 0.6 is 0 Å². The predicted octanol–water partition coefficient (Wildman–Crippen LogP) is 6.07. The van der Waals surface area contributed by atoms with Gasteiger partial charge in [0.25, 0.3) is 0 Å². The van der Waals surface area contributed by atoms with Crippen LogP contribution in [-0.2, 0) is 12.1 Å². The largest absolute Gasteiger partial charge is 0.457 e. The monoisotopic (exact) mass is 403 g/mol. The molecule has 0 amide bonds. The summed E-state index contributed by atoms with van der Waals surface area (Å²) in [4.78, 5) is 0. The van der Waals surface area contributed by atoms with Crippen LogP contribution in [-0.4, -0.2) is 12.3 Å². The molecule has 0 bridgehead atoms. The molecule has 0 aliphatic rings. The van der Waals surface area contributed by atoms with Crippen LogP contribution in [0.5, 0.6) is 11.5 Å². The predicted molar refractivity (Wildman–Crippen MR) is 77.2 cm³/mol. The fourth-order valence-corrected chi connectivity index (χ4v) is 2.05. The van der Waals surface area contributed by atoms with Crippen molar-refractivity contribution >= 4 is 5.69 Å². The van der Waals surface area contributed by atoms with Gasteiger partial charge in [-0.2, -0.15) is 30.7 Å². The van der Waals surface area contributed by atoms with Gasteiger partial charge in [-0.1, -0.05) is 0 Å². The molecule has 0 spiro atoms. The summed E-state index contributed by atoms with van der Waals surface area (Å²) in [6, 6.07) is 4.58. The molecule has 2 nitrogen and oxygen atoms in total. The molecule has 0 saturated carbocycles. The Bertz CT molecular complexity index is 801. The van der Waals surface area contributed by atoms with Crippen LogP contribution in [0.4, 0.5) is 45.2 Å². The highest BCUT2D eigenvalue weighted by molar-refractivity contribution is 5.50. The number of nitrogen functional groups attached to an aromatic ring is 1. The van der Waals surface area contributed by atoms with Crippen LogP contribution in [0.1, 0.15) is 11.1 Å². The quantitative estimate of drug-likeness (QED) is 0.486. The van der Waals surface area contributed by atoms with E-state index < -0.39 is 47.1 Å². The topological polar surface area (TPSA) is 35.2 Å². The van der Waals surface area contributed by atoms with Gasteiger partial charge in [0.1, 0.15) is 17.1 Å². The highest BCUT2D eigenvalue weighted by atomic mass is 19.4. The van der Waals surface area contributed by atoms with Crippen LogP contribution in [0.3, 0.4) is 0 Å². The third-order valence-electron chi connectivity index (χ3n) is 3.45. The first-order valence-electron chi connectivity index (χ1n) is 7.05. The molecule has 0 aliphatic heterocycles. The van der Waals surface area contributed by atoms with Crippen molar-refractivity contribution in [3.05, 3.63) is 53.6 Å². The zero-order chi connectivity index (χ0) is 20.6. The van der Waals surface area contributed by atoms with E-state index in [1.54, 1.807) is 0 Å². The van der Waals surface area contributed by atoms with E-state index in [0.717, 1.165) is 12.1 Å². The summed E-state index contributed by atoms with van der Waals surface area (Å²) < 4.78 is 121. The first-order chi connectivity index (χ1) is 12.3. The van der Waals surface area contributed by atoms with Crippen molar-refractivity contribution in [3.8, 4) is 11.5 Å². The molecule has 0 atom stereocenters. The minimum Gasteiger partial charge on any atom is -0.457 e. The Labute approximate surface area is 146 Å². The fraction of sp³-hybridized carbons (Fsp3) is 0.250. The second kappa shape index (κ2) is 6.86. The first kappa shape index (κ1) is 20.7. The molecule has 2 aromatic carbocycles. The SMILES string of the molecule is Nc1ccc(Oc2ccc(C(F)(F)C(F)(F)C(F)F)cc2)c(C(F)(F)F)c1. The Morgan fingerprint density at radius 2 is 1.37 bits per heavy atom. The number of hydrogen-bond acceptors (Lipinski definition) is 2. The van der Waals surface area contributed by atoms with E-state index in [2.05, 4.69) is 0 Å². The van der Waals surface area contributed by atoms with Crippen molar-refractivity contribution in [2.75, 3.05) is 5.73 Å². The maximum Gasteiger partial charge on any atom is 0.420 e. The van der Waals surface area contributed by atoms with Crippen LogP contribution < -0.4 is 10.5 Å². The lowest BCUT2D eigenvalue weighted by molar-refractivity contribution is -0.270. The fourth-order valence-electron chi connectivity index (χ4n) is 2.05. The summed E-state index contributed by atoms with van der Waals surface area (Å²) in [6.45, 7) is 0. The molecule has 0 heterocycles. The average Bonchev–Trinajstić information content (AvgIpc) is 2.55. The van der Waals surface area contributed by atoms with Gasteiger partial charge in [-0.05, 0) is 42.5 Å². The second-order valence-corrected chi connectivity index (χ2v) is 5.38. The van der Waals surface area contributed by atoms with Crippen molar-refractivity contribution in [3.63, 3.8) is 0 Å². The van der Waals surface area contributed by atoms with E-state index in [-0.39, 0.29) is 5.69 Å². The smallest absolute Gasteiger partial charge is 0.420 e. The molecule has 27 heavy (non-hydrogen) atoms. The Morgan fingerprint density at radius 1 is 0.815 bits per heavy atom. The van der Waals surface area contributed by atoms with Crippen LogP contribution in [0.15, 0.2) is 42.5 Å². The number of benzene rings is 2.